The van der Waals surface area contributed by atoms with E-state index in [-0.39, 0.29) is 6.04 Å². The number of para-hydroxylation sites is 1. The van der Waals surface area contributed by atoms with E-state index in [0.29, 0.717) is 0 Å². The van der Waals surface area contributed by atoms with Crippen molar-refractivity contribution in [3.05, 3.63) is 234 Å². The van der Waals surface area contributed by atoms with Gasteiger partial charge in [0.15, 0.2) is 0 Å². The van der Waals surface area contributed by atoms with Crippen LogP contribution in [-0.2, 0) is 0 Å². The number of fused-ring (bicyclic) bond motifs is 12. The molecule has 2 aromatic heterocycles. The van der Waals surface area contributed by atoms with Crippen LogP contribution in [0.3, 0.4) is 0 Å². The molecule has 0 amide bonds. The first-order valence-corrected chi connectivity index (χ1v) is 23.1. The zero-order valence-electron chi connectivity index (χ0n) is 35.1. The number of nitrogens with zero attached hydrogens (tertiary/aromatic N) is 3. The van der Waals surface area contributed by atoms with Crippen LogP contribution in [0.1, 0.15) is 11.1 Å². The first kappa shape index (κ1) is 36.4. The molecule has 1 N–H and O–H groups in total. The Morgan fingerprint density at radius 1 is 0.431 bits per heavy atom. The summed E-state index contributed by atoms with van der Waals surface area (Å²) in [7, 11) is 0. The van der Waals surface area contributed by atoms with Crippen LogP contribution >= 0.6 is 11.8 Å². The van der Waals surface area contributed by atoms with Gasteiger partial charge in [0.05, 0.1) is 33.8 Å². The molecule has 5 heteroatoms. The van der Waals surface area contributed by atoms with Crippen molar-refractivity contribution in [2.45, 2.75) is 6.04 Å². The number of thioether (sulfide) groups is 1. The Bertz CT molecular complexity index is 4050. The normalized spacial score (nSPS) is 15.1. The monoisotopic (exact) mass is 846 g/mol. The predicted octanol–water partition coefficient (Wildman–Crippen LogP) is 15.4. The molecule has 0 spiro atoms. The highest BCUT2D eigenvalue weighted by molar-refractivity contribution is 8.12. The molecule has 10 aromatic carbocycles. The zero-order valence-corrected chi connectivity index (χ0v) is 35.9. The zero-order chi connectivity index (χ0) is 42.6. The third-order valence-electron chi connectivity index (χ3n) is 13.5. The van der Waals surface area contributed by atoms with Crippen LogP contribution in [0.2, 0.25) is 0 Å². The van der Waals surface area contributed by atoms with Gasteiger partial charge in [0.1, 0.15) is 0 Å². The fourth-order valence-corrected chi connectivity index (χ4v) is 11.8. The van der Waals surface area contributed by atoms with E-state index in [1.165, 1.54) is 91.4 Å². The van der Waals surface area contributed by atoms with Gasteiger partial charge in [-0.2, -0.15) is 0 Å². The lowest BCUT2D eigenvalue weighted by atomic mass is 9.98. The molecular formula is C60H38N4S. The van der Waals surface area contributed by atoms with Crippen LogP contribution in [0.5, 0.6) is 0 Å². The molecule has 14 rings (SSSR count). The Kier molecular flexibility index (Phi) is 7.94. The summed E-state index contributed by atoms with van der Waals surface area (Å²) < 4.78 is 4.79. The van der Waals surface area contributed by atoms with Gasteiger partial charge in [-0.15, -0.1) is 0 Å². The minimum absolute atomic E-state index is 0.0563. The van der Waals surface area contributed by atoms with Crippen molar-refractivity contribution < 1.29 is 0 Å². The van der Waals surface area contributed by atoms with Crippen LogP contribution in [0.25, 0.3) is 103 Å². The molecular weight excluding hydrogens is 809 g/mol. The minimum Gasteiger partial charge on any atom is -0.344 e. The molecule has 12 aromatic rings. The van der Waals surface area contributed by atoms with Crippen molar-refractivity contribution in [3.63, 3.8) is 0 Å². The maximum absolute atomic E-state index is 5.62. The molecule has 0 bridgehead atoms. The van der Waals surface area contributed by atoms with Gasteiger partial charge in [-0.1, -0.05) is 182 Å². The molecule has 4 heterocycles. The van der Waals surface area contributed by atoms with E-state index in [1.807, 2.05) is 11.8 Å². The first-order chi connectivity index (χ1) is 32.2. The Hall–Kier alpha value is -8.12. The molecule has 2 aliphatic heterocycles. The van der Waals surface area contributed by atoms with Crippen LogP contribution in [0.4, 0.5) is 0 Å². The van der Waals surface area contributed by atoms with Crippen LogP contribution in [0, 0.1) is 0 Å². The van der Waals surface area contributed by atoms with Gasteiger partial charge in [-0.25, -0.2) is 4.99 Å². The second-order valence-electron chi connectivity index (χ2n) is 17.1. The number of aromatic nitrogens is 2. The lowest BCUT2D eigenvalue weighted by molar-refractivity contribution is 0.835. The summed E-state index contributed by atoms with van der Waals surface area (Å²) in [6, 6.07) is 77.2. The number of aliphatic imine (C=N–C) groups is 1. The van der Waals surface area contributed by atoms with E-state index < -0.39 is 0 Å². The number of rotatable bonds is 4. The Morgan fingerprint density at radius 2 is 1.03 bits per heavy atom. The lowest BCUT2D eigenvalue weighted by Gasteiger charge is -2.25. The SMILES string of the molecule is C1=C(c2cccc3ccccc23)SC2=C(c3ccccc3)N=C(n3c4ccc(-c5ccc6c(c5)c5c7ccccc7ccc5n6-c5ccccc5)cc4c4ccc5ccccc5c43)NC12. The van der Waals surface area contributed by atoms with Crippen molar-refractivity contribution >= 4 is 104 Å². The lowest BCUT2D eigenvalue weighted by Crippen LogP contribution is -2.40. The highest BCUT2D eigenvalue weighted by atomic mass is 32.2. The average Bonchev–Trinajstić information content (AvgIpc) is 4.06. The summed E-state index contributed by atoms with van der Waals surface area (Å²) in [4.78, 5) is 8.08. The topological polar surface area (TPSA) is 34.2 Å². The predicted molar refractivity (Wildman–Crippen MR) is 277 cm³/mol. The third-order valence-corrected chi connectivity index (χ3v) is 14.8. The van der Waals surface area contributed by atoms with Crippen LogP contribution in [-0.4, -0.2) is 21.1 Å². The molecule has 0 saturated carbocycles. The number of hydrogen-bond acceptors (Lipinski definition) is 3. The van der Waals surface area contributed by atoms with Gasteiger partial charge in [-0.05, 0) is 92.2 Å². The molecule has 2 aliphatic rings. The number of benzene rings is 10. The Labute approximate surface area is 379 Å². The summed E-state index contributed by atoms with van der Waals surface area (Å²) in [5, 5.41) is 16.3. The van der Waals surface area contributed by atoms with Gasteiger partial charge in [0.2, 0.25) is 5.96 Å². The second kappa shape index (κ2) is 14.2. The van der Waals surface area contributed by atoms with E-state index in [2.05, 4.69) is 233 Å². The van der Waals surface area contributed by atoms with Crippen LogP contribution < -0.4 is 5.32 Å². The number of nitrogens with one attached hydrogen (secondary N) is 1. The summed E-state index contributed by atoms with van der Waals surface area (Å²) in [5.74, 6) is 0.819. The average molecular weight is 847 g/mol. The summed E-state index contributed by atoms with van der Waals surface area (Å²) >= 11 is 1.84. The van der Waals surface area contributed by atoms with E-state index in [1.54, 1.807) is 0 Å². The third kappa shape index (κ3) is 5.56. The Balaban J connectivity index is 0.974. The summed E-state index contributed by atoms with van der Waals surface area (Å²) in [5.41, 5.74) is 11.5. The van der Waals surface area contributed by atoms with Crippen molar-refractivity contribution in [1.29, 1.82) is 0 Å². The van der Waals surface area contributed by atoms with Crippen molar-refractivity contribution in [2.75, 3.05) is 0 Å². The second-order valence-corrected chi connectivity index (χ2v) is 18.2. The highest BCUT2D eigenvalue weighted by Crippen LogP contribution is 2.49. The fraction of sp³-hybridized carbons (Fsp3) is 0.0167. The van der Waals surface area contributed by atoms with E-state index >= 15 is 0 Å². The molecule has 4 nitrogen and oxygen atoms in total. The van der Waals surface area contributed by atoms with Gasteiger partial charge < -0.3 is 9.88 Å². The first-order valence-electron chi connectivity index (χ1n) is 22.2. The van der Waals surface area contributed by atoms with E-state index in [0.717, 1.165) is 33.9 Å². The molecule has 304 valence electrons. The molecule has 1 atom stereocenters. The minimum atomic E-state index is -0.0563. The molecule has 65 heavy (non-hydrogen) atoms. The van der Waals surface area contributed by atoms with E-state index in [4.69, 9.17) is 4.99 Å². The standard InChI is InChI=1S/C60H38N4S/c1-3-17-40(18-4-1)57-59-51(36-55(65-59)47-25-13-19-37-14-7-10-22-44(37)47)61-60(62-57)64-52-31-28-41(34-49(52)48-30-26-39-16-9-12-24-46(39)58(48)64)42-29-32-53-50(35-42)56-45-23-11-8-15-38(45)27-33-54(56)63(53)43-20-5-2-6-21-43/h1-36,51H,(H,61,62). The molecule has 1 unspecified atom stereocenters. The van der Waals surface area contributed by atoms with E-state index in [9.17, 15) is 0 Å². The van der Waals surface area contributed by atoms with Crippen molar-refractivity contribution in [1.82, 2.24) is 14.5 Å². The van der Waals surface area contributed by atoms with Gasteiger partial charge in [0, 0.05) is 48.0 Å². The van der Waals surface area contributed by atoms with Crippen molar-refractivity contribution in [2.24, 2.45) is 4.99 Å². The molecule has 0 saturated heterocycles. The molecule has 0 fully saturated rings. The Morgan fingerprint density at radius 3 is 1.82 bits per heavy atom. The molecule has 0 aliphatic carbocycles. The quantitative estimate of drug-likeness (QED) is 0.191. The summed E-state index contributed by atoms with van der Waals surface area (Å²) in [6.07, 6.45) is 2.40. The van der Waals surface area contributed by atoms with Gasteiger partial charge in [0.25, 0.3) is 0 Å². The fourth-order valence-electron chi connectivity index (χ4n) is 10.6. The van der Waals surface area contributed by atoms with Gasteiger partial charge >= 0.3 is 0 Å². The van der Waals surface area contributed by atoms with Crippen LogP contribution in [0.15, 0.2) is 228 Å². The smallest absolute Gasteiger partial charge is 0.209 e. The molecule has 0 radical (unpaired) electrons. The summed E-state index contributed by atoms with van der Waals surface area (Å²) in [6.45, 7) is 0. The van der Waals surface area contributed by atoms with Crippen molar-refractivity contribution in [3.8, 4) is 16.8 Å². The maximum atomic E-state index is 5.62. The highest BCUT2D eigenvalue weighted by Gasteiger charge is 2.33. The maximum Gasteiger partial charge on any atom is 0.209 e. The van der Waals surface area contributed by atoms with Gasteiger partial charge in [-0.3, -0.25) is 4.57 Å². The largest absolute Gasteiger partial charge is 0.344 e. The number of hydrogen-bond donors (Lipinski definition) is 1.